The van der Waals surface area contributed by atoms with E-state index in [1.807, 2.05) is 12.1 Å². The van der Waals surface area contributed by atoms with Crippen molar-refractivity contribution in [2.75, 3.05) is 19.6 Å². The fourth-order valence-corrected chi connectivity index (χ4v) is 13.7. The summed E-state index contributed by atoms with van der Waals surface area (Å²) < 4.78 is 0. The highest BCUT2D eigenvalue weighted by Gasteiger charge is 2.70. The first kappa shape index (κ1) is 33.1. The minimum atomic E-state index is -0.866. The molecule has 5 fully saturated rings. The predicted molar refractivity (Wildman–Crippen MR) is 190 cm³/mol. The third-order valence-corrected chi connectivity index (χ3v) is 16.1. The standard InChI is InChI=1S/C42H60N2O3/c1-27(2)30-16-21-42(43-26-35(45)44-24-8-9-25-44)23-22-40(6)32(36(30)42)14-15-34-39(5)19-17-31(28-10-12-29(13-11-28)37(46)47)38(3,4)33(39)18-20-41(34,40)7/h10-13,17,30,32-34,36,43H,1,8-9,14-16,18-26H2,2-7H3,(H,46,47). The predicted octanol–water partition coefficient (Wildman–Crippen LogP) is 9.00. The highest BCUT2D eigenvalue weighted by Crippen LogP contribution is 2.76. The maximum absolute atomic E-state index is 13.3. The van der Waals surface area contributed by atoms with Crippen molar-refractivity contribution in [3.8, 4) is 0 Å². The van der Waals surface area contributed by atoms with E-state index < -0.39 is 5.97 Å². The van der Waals surface area contributed by atoms with Crippen LogP contribution in [0.3, 0.4) is 0 Å². The molecule has 0 bridgehead atoms. The number of aromatic carboxylic acids is 1. The molecule has 9 atom stereocenters. The summed E-state index contributed by atoms with van der Waals surface area (Å²) in [5.74, 6) is 2.42. The molecule has 1 aliphatic heterocycles. The minimum absolute atomic E-state index is 0.0147. The van der Waals surface area contributed by atoms with Gasteiger partial charge in [-0.2, -0.15) is 0 Å². The van der Waals surface area contributed by atoms with Crippen LogP contribution in [-0.4, -0.2) is 47.1 Å². The number of hydrogen-bond donors (Lipinski definition) is 2. The van der Waals surface area contributed by atoms with E-state index in [2.05, 4.69) is 64.4 Å². The lowest BCUT2D eigenvalue weighted by molar-refractivity contribution is -0.219. The largest absolute Gasteiger partial charge is 0.478 e. The summed E-state index contributed by atoms with van der Waals surface area (Å²) in [6, 6.07) is 7.59. The van der Waals surface area contributed by atoms with Gasteiger partial charge in [0.1, 0.15) is 0 Å². The first-order valence-electron chi connectivity index (χ1n) is 18.9. The van der Waals surface area contributed by atoms with Crippen LogP contribution in [0.4, 0.5) is 0 Å². The average Bonchev–Trinajstić information content (AvgIpc) is 3.70. The molecule has 1 heterocycles. The Morgan fingerprint density at radius 1 is 0.894 bits per heavy atom. The summed E-state index contributed by atoms with van der Waals surface area (Å²) in [5.41, 5.74) is 5.10. The van der Waals surface area contributed by atoms with Gasteiger partial charge in [-0.05, 0) is 152 Å². The molecule has 5 nitrogen and oxygen atoms in total. The number of carboxylic acids is 1. The van der Waals surface area contributed by atoms with E-state index >= 15 is 0 Å². The normalized spacial score (nSPS) is 42.0. The number of hydrogen-bond acceptors (Lipinski definition) is 3. The molecule has 1 aromatic rings. The smallest absolute Gasteiger partial charge is 0.335 e. The highest BCUT2D eigenvalue weighted by atomic mass is 16.4. The van der Waals surface area contributed by atoms with Crippen molar-refractivity contribution in [2.45, 2.75) is 118 Å². The fraction of sp³-hybridized carbons (Fsp3) is 0.714. The summed E-state index contributed by atoms with van der Waals surface area (Å²) in [4.78, 5) is 26.9. The molecule has 5 heteroatoms. The van der Waals surface area contributed by atoms with E-state index in [0.717, 1.165) is 32.4 Å². The van der Waals surface area contributed by atoms with Gasteiger partial charge in [-0.25, -0.2) is 4.79 Å². The molecule has 0 aromatic heterocycles. The Labute approximate surface area is 284 Å². The van der Waals surface area contributed by atoms with Crippen molar-refractivity contribution in [2.24, 2.45) is 51.2 Å². The quantitative estimate of drug-likeness (QED) is 0.305. The molecule has 0 radical (unpaired) electrons. The summed E-state index contributed by atoms with van der Waals surface area (Å²) in [5, 5.41) is 13.5. The van der Waals surface area contributed by atoms with Crippen LogP contribution >= 0.6 is 0 Å². The second kappa shape index (κ2) is 11.3. The van der Waals surface area contributed by atoms with E-state index in [-0.39, 0.29) is 27.2 Å². The van der Waals surface area contributed by atoms with E-state index in [4.69, 9.17) is 0 Å². The number of carboxylic acid groups (broad SMARTS) is 1. The Morgan fingerprint density at radius 2 is 1.60 bits per heavy atom. The van der Waals surface area contributed by atoms with E-state index in [1.54, 1.807) is 12.1 Å². The topological polar surface area (TPSA) is 69.6 Å². The van der Waals surface area contributed by atoms with Crippen molar-refractivity contribution in [1.82, 2.24) is 10.2 Å². The van der Waals surface area contributed by atoms with Crippen LogP contribution in [0.25, 0.3) is 5.57 Å². The number of carbonyl (C=O) groups excluding carboxylic acids is 1. The Morgan fingerprint density at radius 3 is 2.26 bits per heavy atom. The Balaban J connectivity index is 1.18. The fourth-order valence-electron chi connectivity index (χ4n) is 13.7. The molecule has 2 N–H and O–H groups in total. The van der Waals surface area contributed by atoms with Gasteiger partial charge in [0.2, 0.25) is 5.91 Å². The van der Waals surface area contributed by atoms with E-state index in [9.17, 15) is 14.7 Å². The zero-order valence-corrected chi connectivity index (χ0v) is 30.1. The number of carbonyl (C=O) groups is 2. The number of amides is 1. The Hall–Kier alpha value is -2.40. The van der Waals surface area contributed by atoms with Crippen LogP contribution in [0.15, 0.2) is 42.5 Å². The third-order valence-electron chi connectivity index (χ3n) is 16.1. The van der Waals surface area contributed by atoms with Crippen LogP contribution in [0.1, 0.15) is 128 Å². The van der Waals surface area contributed by atoms with Gasteiger partial charge in [0.05, 0.1) is 12.1 Å². The van der Waals surface area contributed by atoms with Gasteiger partial charge in [0.25, 0.3) is 0 Å². The maximum atomic E-state index is 13.3. The molecular formula is C42H60N2O3. The highest BCUT2D eigenvalue weighted by molar-refractivity contribution is 5.88. The molecule has 1 aromatic carbocycles. The van der Waals surface area contributed by atoms with Gasteiger partial charge in [-0.15, -0.1) is 0 Å². The molecule has 1 amide bonds. The third kappa shape index (κ3) is 4.78. The maximum Gasteiger partial charge on any atom is 0.335 e. The van der Waals surface area contributed by atoms with Gasteiger partial charge in [0.15, 0.2) is 0 Å². The molecule has 4 saturated carbocycles. The Bertz CT molecular complexity index is 1470. The molecule has 6 aliphatic rings. The van der Waals surface area contributed by atoms with Gasteiger partial charge in [-0.1, -0.05) is 65.0 Å². The Kier molecular flexibility index (Phi) is 7.98. The van der Waals surface area contributed by atoms with Crippen molar-refractivity contribution in [1.29, 1.82) is 0 Å². The van der Waals surface area contributed by atoms with Crippen molar-refractivity contribution in [3.05, 3.63) is 53.6 Å². The summed E-state index contributed by atoms with van der Waals surface area (Å²) in [7, 11) is 0. The number of benzene rings is 1. The number of likely N-dealkylation sites (tertiary alicyclic amines) is 1. The van der Waals surface area contributed by atoms with Crippen molar-refractivity contribution in [3.63, 3.8) is 0 Å². The van der Waals surface area contributed by atoms with Crippen LogP contribution in [-0.2, 0) is 4.79 Å². The van der Waals surface area contributed by atoms with E-state index in [0.29, 0.717) is 47.6 Å². The van der Waals surface area contributed by atoms with Crippen LogP contribution < -0.4 is 5.32 Å². The lowest BCUT2D eigenvalue weighted by atomic mass is 9.33. The number of nitrogens with one attached hydrogen (secondary N) is 1. The second-order valence-electron chi connectivity index (χ2n) is 18.2. The zero-order chi connectivity index (χ0) is 33.6. The van der Waals surface area contributed by atoms with Crippen molar-refractivity contribution >= 4 is 17.4 Å². The van der Waals surface area contributed by atoms with Gasteiger partial charge >= 0.3 is 5.97 Å². The molecule has 0 spiro atoms. The lowest BCUT2D eigenvalue weighted by Gasteiger charge is -2.72. The van der Waals surface area contributed by atoms with Crippen LogP contribution in [0, 0.1) is 51.2 Å². The van der Waals surface area contributed by atoms with Crippen molar-refractivity contribution < 1.29 is 14.7 Å². The SMILES string of the molecule is C=C(C)C1CCC2(NCC(=O)N3CCCC3)CCC3(C)C(CCC4C5(C)CC=C(c6ccc(C(=O)O)cc6)C(C)(C)C5CCC43C)C12. The number of rotatable bonds is 6. The molecule has 5 aliphatic carbocycles. The molecule has 47 heavy (non-hydrogen) atoms. The van der Waals surface area contributed by atoms with Crippen LogP contribution in [0.2, 0.25) is 0 Å². The summed E-state index contributed by atoms with van der Waals surface area (Å²) >= 11 is 0. The average molecular weight is 641 g/mol. The lowest BCUT2D eigenvalue weighted by Crippen LogP contribution is -2.68. The first-order valence-corrected chi connectivity index (χ1v) is 18.9. The second-order valence-corrected chi connectivity index (χ2v) is 18.2. The van der Waals surface area contributed by atoms with Gasteiger partial charge < -0.3 is 15.3 Å². The van der Waals surface area contributed by atoms with Crippen LogP contribution in [0.5, 0.6) is 0 Å². The molecule has 7 rings (SSSR count). The van der Waals surface area contributed by atoms with Gasteiger partial charge in [-0.3, -0.25) is 4.79 Å². The minimum Gasteiger partial charge on any atom is -0.478 e. The summed E-state index contributed by atoms with van der Waals surface area (Å²) in [6.45, 7) is 22.1. The molecule has 256 valence electrons. The zero-order valence-electron chi connectivity index (χ0n) is 30.1. The van der Waals surface area contributed by atoms with Gasteiger partial charge in [0, 0.05) is 18.6 Å². The first-order chi connectivity index (χ1) is 22.2. The van der Waals surface area contributed by atoms with E-state index in [1.165, 1.54) is 68.1 Å². The molecular weight excluding hydrogens is 580 g/mol. The number of fused-ring (bicyclic) bond motifs is 7. The summed E-state index contributed by atoms with van der Waals surface area (Å²) in [6.07, 6.45) is 15.8. The molecule has 9 unspecified atom stereocenters. The number of allylic oxidation sites excluding steroid dienone is 3. The number of nitrogens with zero attached hydrogens (tertiary/aromatic N) is 1. The molecule has 1 saturated heterocycles. The monoisotopic (exact) mass is 640 g/mol.